The summed E-state index contributed by atoms with van der Waals surface area (Å²) in [7, 11) is 1.36. The number of nitrogens with one attached hydrogen (secondary N) is 1. The number of hydrazine groups is 1. The van der Waals surface area contributed by atoms with Gasteiger partial charge < -0.3 is 9.84 Å². The number of aromatic hydroxyl groups is 1. The average Bonchev–Trinajstić information content (AvgIpc) is 3.47. The Labute approximate surface area is 320 Å². The first-order valence-electron chi connectivity index (χ1n) is 16.6. The number of carbonyl (C=O) groups is 4. The molecule has 2 aliphatic carbocycles. The highest BCUT2D eigenvalue weighted by Crippen LogP contribution is 2.65. The summed E-state index contributed by atoms with van der Waals surface area (Å²) in [6.45, 7) is 5.29. The smallest absolute Gasteiger partial charge is 0.417 e. The number of halogens is 6. The molecule has 10 nitrogen and oxygen atoms in total. The number of ether oxygens (including phenoxy) is 1. The molecule has 53 heavy (non-hydrogen) atoms. The van der Waals surface area contributed by atoms with Gasteiger partial charge in [-0.15, -0.1) is 0 Å². The molecule has 0 spiro atoms. The fourth-order valence-electron chi connectivity index (χ4n) is 8.76. The van der Waals surface area contributed by atoms with E-state index in [0.717, 1.165) is 0 Å². The number of imide groups is 2. The van der Waals surface area contributed by atoms with E-state index in [1.165, 1.54) is 18.1 Å². The number of anilines is 1. The third-order valence-corrected chi connectivity index (χ3v) is 11.8. The molecule has 3 heterocycles. The molecule has 0 bridgehead atoms. The number of nitrogens with zero attached hydrogens (tertiary/aromatic N) is 3. The Balaban J connectivity index is 1.48. The summed E-state index contributed by atoms with van der Waals surface area (Å²) >= 11 is 16.1. The number of rotatable bonds is 5. The van der Waals surface area contributed by atoms with E-state index in [1.54, 1.807) is 51.1 Å². The van der Waals surface area contributed by atoms with E-state index in [-0.39, 0.29) is 41.6 Å². The van der Waals surface area contributed by atoms with Crippen molar-refractivity contribution in [3.05, 3.63) is 91.5 Å². The highest BCUT2D eigenvalue weighted by Gasteiger charge is 2.71. The Hall–Kier alpha value is -4.14. The quantitative estimate of drug-likeness (QED) is 0.198. The van der Waals surface area contributed by atoms with Crippen molar-refractivity contribution in [2.24, 2.45) is 23.7 Å². The molecule has 2 aliphatic heterocycles. The molecule has 1 saturated carbocycles. The van der Waals surface area contributed by atoms with Gasteiger partial charge in [0.05, 0.1) is 40.9 Å². The molecular formula is C37H32BrCl2F3N4O6. The lowest BCUT2D eigenvalue weighted by molar-refractivity contribution is -0.146. The molecule has 6 unspecified atom stereocenters. The number of hydrogen-bond donors (Lipinski definition) is 2. The number of methoxy groups -OCH3 is 1. The van der Waals surface area contributed by atoms with Crippen molar-refractivity contribution in [1.29, 1.82) is 0 Å². The molecule has 0 radical (unpaired) electrons. The van der Waals surface area contributed by atoms with Crippen LogP contribution in [0.5, 0.6) is 11.5 Å². The van der Waals surface area contributed by atoms with Crippen molar-refractivity contribution in [1.82, 2.24) is 14.9 Å². The van der Waals surface area contributed by atoms with Crippen molar-refractivity contribution >= 4 is 68.6 Å². The topological polar surface area (TPSA) is 129 Å². The monoisotopic (exact) mass is 834 g/mol. The van der Waals surface area contributed by atoms with Crippen LogP contribution in [0.4, 0.5) is 19.0 Å². The van der Waals surface area contributed by atoms with Gasteiger partial charge >= 0.3 is 6.18 Å². The van der Waals surface area contributed by atoms with E-state index in [4.69, 9.17) is 27.9 Å². The largest absolute Gasteiger partial charge is 0.504 e. The second-order valence-corrected chi connectivity index (χ2v) is 16.4. The number of likely N-dealkylation sites (tertiary alicyclic amines) is 1. The number of alkyl halides is 3. The SMILES string of the molecule is COc1cc(Br)cc(C2C3=CCC4C(=O)N(C(C)(C)C)C(=O)C4C3CC3C(=O)N(Nc4ncc(C(F)(F)F)cc4Cl)C(=O)C32c2ccc(Cl)cc2)c1O. The fourth-order valence-corrected chi connectivity index (χ4v) is 9.55. The molecule has 3 aromatic rings. The van der Waals surface area contributed by atoms with Gasteiger partial charge in [0.25, 0.3) is 11.8 Å². The average molecular weight is 836 g/mol. The lowest BCUT2D eigenvalue weighted by atomic mass is 9.49. The maximum Gasteiger partial charge on any atom is 0.417 e. The van der Waals surface area contributed by atoms with E-state index in [0.29, 0.717) is 37.9 Å². The van der Waals surface area contributed by atoms with Gasteiger partial charge in [0.2, 0.25) is 11.8 Å². The summed E-state index contributed by atoms with van der Waals surface area (Å²) < 4.78 is 46.4. The first kappa shape index (κ1) is 37.2. The second-order valence-electron chi connectivity index (χ2n) is 14.6. The minimum atomic E-state index is -4.76. The van der Waals surface area contributed by atoms with Gasteiger partial charge in [0.1, 0.15) is 0 Å². The standard InChI is InChI=1S/C37H32BrCl2F3N4O6/c1-35(2,3)46-31(49)21-10-9-20-22(27(21)33(46)51)14-24-32(50)47(45-30-25(40)11-17(15-44-30)37(41,42)43)34(52)36(24,16-5-7-19(39)8-6-16)28(20)23-12-18(38)13-26(53-4)29(23)48/h5-9,11-13,15,21-22,24,27-28,48H,10,14H2,1-4H3,(H,44,45). The van der Waals surface area contributed by atoms with Gasteiger partial charge in [-0.05, 0) is 75.4 Å². The minimum Gasteiger partial charge on any atom is -0.504 e. The van der Waals surface area contributed by atoms with E-state index in [9.17, 15) is 32.7 Å². The lowest BCUT2D eigenvalue weighted by Gasteiger charge is -2.50. The summed E-state index contributed by atoms with van der Waals surface area (Å²) in [6, 6.07) is 10.1. The molecule has 4 amide bonds. The zero-order valence-corrected chi connectivity index (χ0v) is 31.7. The lowest BCUT2D eigenvalue weighted by Crippen LogP contribution is -2.53. The molecule has 2 aromatic carbocycles. The fraction of sp³-hybridized carbons (Fsp3) is 0.378. The highest BCUT2D eigenvalue weighted by molar-refractivity contribution is 9.10. The first-order chi connectivity index (χ1) is 24.8. The second kappa shape index (κ2) is 12.7. The molecule has 4 aliphatic rings. The molecule has 16 heteroatoms. The number of benzene rings is 2. The number of phenols is 1. The Morgan fingerprint density at radius 2 is 1.68 bits per heavy atom. The summed E-state index contributed by atoms with van der Waals surface area (Å²) in [5.41, 5.74) is -0.102. The molecule has 6 atom stereocenters. The van der Waals surface area contributed by atoms with Crippen molar-refractivity contribution in [2.75, 3.05) is 12.5 Å². The Kier molecular flexibility index (Phi) is 8.93. The number of allylic oxidation sites excluding steroid dienone is 2. The summed E-state index contributed by atoms with van der Waals surface area (Å²) in [5, 5.41) is 12.4. The van der Waals surface area contributed by atoms with Crippen LogP contribution in [0.1, 0.15) is 56.2 Å². The molecule has 278 valence electrons. The number of phenolic OH excluding ortho intramolecular Hbond substituents is 1. The summed E-state index contributed by atoms with van der Waals surface area (Å²) in [5.74, 6) is -7.67. The Bertz CT molecular complexity index is 2120. The summed E-state index contributed by atoms with van der Waals surface area (Å²) in [6.07, 6.45) is -2.31. The van der Waals surface area contributed by atoms with Crippen molar-refractivity contribution in [3.63, 3.8) is 0 Å². The first-order valence-corrected chi connectivity index (χ1v) is 18.1. The van der Waals surface area contributed by atoms with Crippen molar-refractivity contribution in [3.8, 4) is 11.5 Å². The Morgan fingerprint density at radius 1 is 1.00 bits per heavy atom. The van der Waals surface area contributed by atoms with Gasteiger partial charge in [-0.3, -0.25) is 29.5 Å². The molecule has 7 rings (SSSR count). The van der Waals surface area contributed by atoms with E-state index < -0.39 is 75.0 Å². The molecule has 3 fully saturated rings. The number of amides is 4. The molecular weight excluding hydrogens is 804 g/mol. The van der Waals surface area contributed by atoms with Crippen LogP contribution in [-0.4, -0.2) is 56.3 Å². The number of hydrogen-bond acceptors (Lipinski definition) is 8. The maximum absolute atomic E-state index is 15.3. The van der Waals surface area contributed by atoms with Gasteiger partial charge in [-0.1, -0.05) is 62.9 Å². The Morgan fingerprint density at radius 3 is 2.28 bits per heavy atom. The van der Waals surface area contributed by atoms with Crippen LogP contribution in [0.15, 0.2) is 64.8 Å². The van der Waals surface area contributed by atoms with E-state index in [1.807, 2.05) is 6.08 Å². The van der Waals surface area contributed by atoms with E-state index in [2.05, 4.69) is 26.3 Å². The van der Waals surface area contributed by atoms with Crippen LogP contribution in [0.3, 0.4) is 0 Å². The third-order valence-electron chi connectivity index (χ3n) is 10.8. The molecule has 2 saturated heterocycles. The number of fused-ring (bicyclic) bond motifs is 4. The zero-order valence-electron chi connectivity index (χ0n) is 28.6. The normalized spacial score (nSPS) is 27.1. The number of pyridine rings is 1. The van der Waals surface area contributed by atoms with Gasteiger partial charge in [-0.25, -0.2) is 4.98 Å². The predicted molar refractivity (Wildman–Crippen MR) is 191 cm³/mol. The third kappa shape index (κ3) is 5.62. The number of aromatic nitrogens is 1. The van der Waals surface area contributed by atoms with Crippen molar-refractivity contribution in [2.45, 2.75) is 56.7 Å². The highest BCUT2D eigenvalue weighted by atomic mass is 79.9. The number of carbonyl (C=O) groups excluding carboxylic acids is 4. The van der Waals surface area contributed by atoms with Crippen molar-refractivity contribution < 1.29 is 42.2 Å². The minimum absolute atomic E-state index is 0.0621. The zero-order chi connectivity index (χ0) is 38.5. The van der Waals surface area contributed by atoms with Crippen LogP contribution >= 0.6 is 39.1 Å². The van der Waals surface area contributed by atoms with Gasteiger partial charge in [0.15, 0.2) is 17.3 Å². The van der Waals surface area contributed by atoms with Crippen LogP contribution in [0.25, 0.3) is 0 Å². The molecule has 1 aromatic heterocycles. The van der Waals surface area contributed by atoms with Crippen LogP contribution in [0, 0.1) is 23.7 Å². The maximum atomic E-state index is 15.3. The van der Waals surface area contributed by atoms with Gasteiger partial charge in [-0.2, -0.15) is 18.2 Å². The van der Waals surface area contributed by atoms with Crippen LogP contribution in [0.2, 0.25) is 10.0 Å². The van der Waals surface area contributed by atoms with Crippen LogP contribution < -0.4 is 10.2 Å². The van der Waals surface area contributed by atoms with Gasteiger partial charge in [0, 0.05) is 32.7 Å². The molecule has 2 N–H and O–H groups in total. The van der Waals surface area contributed by atoms with Crippen LogP contribution in [-0.2, 0) is 30.8 Å². The summed E-state index contributed by atoms with van der Waals surface area (Å²) in [4.78, 5) is 63.3. The predicted octanol–water partition coefficient (Wildman–Crippen LogP) is 7.67. The van der Waals surface area contributed by atoms with E-state index >= 15 is 4.79 Å².